The van der Waals surface area contributed by atoms with Gasteiger partial charge in [-0.15, -0.1) is 0 Å². The van der Waals surface area contributed by atoms with Gasteiger partial charge in [0.25, 0.3) is 0 Å². The van der Waals surface area contributed by atoms with Crippen LogP contribution in [0.25, 0.3) is 10.9 Å². The van der Waals surface area contributed by atoms with Crippen molar-refractivity contribution >= 4 is 22.8 Å². The summed E-state index contributed by atoms with van der Waals surface area (Å²) in [6.45, 7) is 0.714. The molecule has 1 aromatic carbocycles. The number of rotatable bonds is 5. The molecule has 1 saturated heterocycles. The normalized spacial score (nSPS) is 16.9. The summed E-state index contributed by atoms with van der Waals surface area (Å²) in [5.41, 5.74) is 1.03. The van der Waals surface area contributed by atoms with Gasteiger partial charge in [0.05, 0.1) is 0 Å². The van der Waals surface area contributed by atoms with Crippen molar-refractivity contribution in [1.82, 2.24) is 9.88 Å². The number of aliphatic carboxylic acids is 1. The van der Waals surface area contributed by atoms with E-state index in [0.29, 0.717) is 32.5 Å². The molecule has 2 heterocycles. The third kappa shape index (κ3) is 3.14. The first-order valence-electron chi connectivity index (χ1n) is 8.17. The second-order valence-electron chi connectivity index (χ2n) is 6.33. The molecule has 2 aromatic rings. The Morgan fingerprint density at radius 3 is 2.71 bits per heavy atom. The molecule has 0 unspecified atom stereocenters. The van der Waals surface area contributed by atoms with Crippen LogP contribution in [-0.2, 0) is 27.8 Å². The monoisotopic (exact) mass is 330 g/mol. The van der Waals surface area contributed by atoms with Crippen LogP contribution >= 0.6 is 0 Å². The van der Waals surface area contributed by atoms with Crippen molar-refractivity contribution in [3.8, 4) is 0 Å². The van der Waals surface area contributed by atoms with Crippen molar-refractivity contribution in [3.05, 3.63) is 36.0 Å². The lowest BCUT2D eigenvalue weighted by Gasteiger charge is -2.33. The Kier molecular flexibility index (Phi) is 4.57. The fourth-order valence-electron chi connectivity index (χ4n) is 3.31. The topological polar surface area (TPSA) is 80.6 Å². The first-order chi connectivity index (χ1) is 11.5. The maximum absolute atomic E-state index is 12.3. The Morgan fingerprint density at radius 2 is 2.00 bits per heavy atom. The third-order valence-corrected chi connectivity index (χ3v) is 4.74. The number of nitrogens with one attached hydrogen (secondary N) is 1. The van der Waals surface area contributed by atoms with Crippen molar-refractivity contribution in [2.45, 2.75) is 31.2 Å². The molecule has 1 aromatic heterocycles. The minimum absolute atomic E-state index is 0.229. The summed E-state index contributed by atoms with van der Waals surface area (Å²) >= 11 is 0. The summed E-state index contributed by atoms with van der Waals surface area (Å²) in [6, 6.07) is 8.05. The Bertz CT molecular complexity index is 759. The van der Waals surface area contributed by atoms with Gasteiger partial charge in [0.1, 0.15) is 5.54 Å². The number of nitrogens with zero attached hydrogens (tertiary/aromatic N) is 1. The zero-order valence-electron chi connectivity index (χ0n) is 13.7. The first kappa shape index (κ1) is 16.5. The largest absolute Gasteiger partial charge is 0.480 e. The molecule has 0 atom stereocenters. The van der Waals surface area contributed by atoms with Gasteiger partial charge in [-0.25, -0.2) is 4.79 Å². The van der Waals surface area contributed by atoms with Gasteiger partial charge in [-0.2, -0.15) is 0 Å². The number of fused-ring (bicyclic) bond motifs is 1. The summed E-state index contributed by atoms with van der Waals surface area (Å²) in [7, 11) is 1.98. The van der Waals surface area contributed by atoms with Crippen molar-refractivity contribution in [2.24, 2.45) is 7.05 Å². The molecule has 0 aliphatic carbocycles. The van der Waals surface area contributed by atoms with Crippen molar-refractivity contribution in [2.75, 3.05) is 13.2 Å². The number of amides is 1. The molecule has 1 aliphatic rings. The van der Waals surface area contributed by atoms with Crippen molar-refractivity contribution < 1.29 is 19.4 Å². The molecule has 3 rings (SSSR count). The summed E-state index contributed by atoms with van der Waals surface area (Å²) in [4.78, 5) is 23.9. The quantitative estimate of drug-likeness (QED) is 0.877. The number of hydrogen-bond acceptors (Lipinski definition) is 3. The molecule has 0 spiro atoms. The van der Waals surface area contributed by atoms with E-state index in [-0.39, 0.29) is 12.3 Å². The minimum atomic E-state index is -1.19. The summed E-state index contributed by atoms with van der Waals surface area (Å²) in [6.07, 6.45) is 3.49. The molecule has 1 fully saturated rings. The molecule has 24 heavy (non-hydrogen) atoms. The van der Waals surface area contributed by atoms with E-state index in [1.807, 2.05) is 42.1 Å². The van der Waals surface area contributed by atoms with E-state index in [9.17, 15) is 14.7 Å². The van der Waals surface area contributed by atoms with Crippen molar-refractivity contribution in [3.63, 3.8) is 0 Å². The molecule has 1 amide bonds. The van der Waals surface area contributed by atoms with E-state index < -0.39 is 11.5 Å². The van der Waals surface area contributed by atoms with Crippen LogP contribution in [0.15, 0.2) is 30.5 Å². The van der Waals surface area contributed by atoms with Gasteiger partial charge in [-0.1, -0.05) is 18.2 Å². The van der Waals surface area contributed by atoms with Crippen molar-refractivity contribution in [1.29, 1.82) is 0 Å². The van der Waals surface area contributed by atoms with Gasteiger partial charge in [-0.05, 0) is 18.1 Å². The van der Waals surface area contributed by atoms with Gasteiger partial charge in [0, 0.05) is 56.6 Å². The Balaban J connectivity index is 1.67. The Labute approximate surface area is 140 Å². The van der Waals surface area contributed by atoms with Crippen LogP contribution < -0.4 is 5.32 Å². The second-order valence-corrected chi connectivity index (χ2v) is 6.33. The standard InChI is InChI=1S/C18H22N2O4/c1-20-12-13(14-4-2-3-5-15(14)20)6-7-16(21)19-18(17(22)23)8-10-24-11-9-18/h2-5,12H,6-11H2,1H3,(H,19,21)(H,22,23). The van der Waals surface area contributed by atoms with Crippen LogP contribution in [0.5, 0.6) is 0 Å². The highest BCUT2D eigenvalue weighted by Gasteiger charge is 2.41. The second kappa shape index (κ2) is 6.65. The lowest BCUT2D eigenvalue weighted by Crippen LogP contribution is -2.57. The third-order valence-electron chi connectivity index (χ3n) is 4.74. The number of hydrogen-bond donors (Lipinski definition) is 2. The van der Waals surface area contributed by atoms with Crippen LogP contribution in [0.3, 0.4) is 0 Å². The molecule has 2 N–H and O–H groups in total. The zero-order valence-corrected chi connectivity index (χ0v) is 13.7. The number of para-hydroxylation sites is 1. The van der Waals surface area contributed by atoms with Gasteiger partial charge in [0.15, 0.2) is 0 Å². The van der Waals surface area contributed by atoms with Crippen LogP contribution in [0.2, 0.25) is 0 Å². The highest BCUT2D eigenvalue weighted by Crippen LogP contribution is 2.23. The fourth-order valence-corrected chi connectivity index (χ4v) is 3.31. The smallest absolute Gasteiger partial charge is 0.329 e. The summed E-state index contributed by atoms with van der Waals surface area (Å²) < 4.78 is 7.26. The predicted octanol–water partition coefficient (Wildman–Crippen LogP) is 1.86. The lowest BCUT2D eigenvalue weighted by atomic mass is 9.90. The summed E-state index contributed by atoms with van der Waals surface area (Å²) in [5.74, 6) is -1.21. The van der Waals surface area contributed by atoms with Crippen LogP contribution in [0, 0.1) is 0 Å². The predicted molar refractivity (Wildman–Crippen MR) is 89.8 cm³/mol. The maximum atomic E-state index is 12.3. The van der Waals surface area contributed by atoms with Crippen LogP contribution in [0.4, 0.5) is 0 Å². The summed E-state index contributed by atoms with van der Waals surface area (Å²) in [5, 5.41) is 13.4. The number of aromatic nitrogens is 1. The lowest BCUT2D eigenvalue weighted by molar-refractivity contribution is -0.152. The van der Waals surface area contributed by atoms with E-state index >= 15 is 0 Å². The molecule has 0 bridgehead atoms. The van der Waals surface area contributed by atoms with E-state index in [4.69, 9.17) is 4.74 Å². The van der Waals surface area contributed by atoms with E-state index in [1.54, 1.807) is 0 Å². The SMILES string of the molecule is Cn1cc(CCC(=O)NC2(C(=O)O)CCOCC2)c2ccccc21. The molecule has 128 valence electrons. The number of aryl methyl sites for hydroxylation is 2. The number of benzene rings is 1. The van der Waals surface area contributed by atoms with Gasteiger partial charge in [0.2, 0.25) is 5.91 Å². The highest BCUT2D eigenvalue weighted by atomic mass is 16.5. The Morgan fingerprint density at radius 1 is 1.29 bits per heavy atom. The molecule has 0 radical (unpaired) electrons. The fraction of sp³-hybridized carbons (Fsp3) is 0.444. The Hall–Kier alpha value is -2.34. The van der Waals surface area contributed by atoms with Gasteiger partial charge >= 0.3 is 5.97 Å². The zero-order chi connectivity index (χ0) is 17.2. The van der Waals surface area contributed by atoms with Gasteiger partial charge in [-0.3, -0.25) is 4.79 Å². The minimum Gasteiger partial charge on any atom is -0.480 e. The number of ether oxygens (including phenoxy) is 1. The average Bonchev–Trinajstić information content (AvgIpc) is 2.90. The number of carbonyl (C=O) groups is 2. The van der Waals surface area contributed by atoms with E-state index in [1.165, 1.54) is 0 Å². The highest BCUT2D eigenvalue weighted by molar-refractivity contribution is 5.88. The molecule has 1 aliphatic heterocycles. The number of carbonyl (C=O) groups excluding carboxylic acids is 1. The van der Waals surface area contributed by atoms with Gasteiger partial charge < -0.3 is 19.7 Å². The van der Waals surface area contributed by atoms with Crippen LogP contribution in [0.1, 0.15) is 24.8 Å². The number of carboxylic acids is 1. The maximum Gasteiger partial charge on any atom is 0.329 e. The molecule has 6 heteroatoms. The van der Waals surface area contributed by atoms with E-state index in [2.05, 4.69) is 5.32 Å². The van der Waals surface area contributed by atoms with E-state index in [0.717, 1.165) is 16.5 Å². The molecular weight excluding hydrogens is 308 g/mol. The molecule has 0 saturated carbocycles. The molecular formula is C18H22N2O4. The number of carboxylic acid groups (broad SMARTS) is 1. The average molecular weight is 330 g/mol. The molecule has 6 nitrogen and oxygen atoms in total. The van der Waals surface area contributed by atoms with Crippen LogP contribution in [-0.4, -0.2) is 40.3 Å². The first-order valence-corrected chi connectivity index (χ1v) is 8.17.